The number of halogens is 1. The summed E-state index contributed by atoms with van der Waals surface area (Å²) in [4.78, 5) is 0.791. The Morgan fingerprint density at radius 1 is 1.35 bits per heavy atom. The lowest BCUT2D eigenvalue weighted by molar-refractivity contribution is 0.0815. The van der Waals surface area contributed by atoms with Crippen LogP contribution in [0.3, 0.4) is 0 Å². The van der Waals surface area contributed by atoms with E-state index in [1.165, 1.54) is 11.3 Å². The molecule has 0 saturated carbocycles. The molecule has 0 fully saturated rings. The van der Waals surface area contributed by atoms with Gasteiger partial charge in [-0.15, -0.1) is 11.3 Å². The molecule has 1 aromatic carbocycles. The topological polar surface area (TPSA) is 46.2 Å². The van der Waals surface area contributed by atoms with Gasteiger partial charge in [-0.1, -0.05) is 35.9 Å². The van der Waals surface area contributed by atoms with Crippen molar-refractivity contribution in [3.63, 3.8) is 0 Å². The minimum atomic E-state index is -1.03. The summed E-state index contributed by atoms with van der Waals surface area (Å²) >= 11 is 7.61. The van der Waals surface area contributed by atoms with Crippen LogP contribution in [0.25, 0.3) is 0 Å². The molecule has 1 aliphatic carbocycles. The Labute approximate surface area is 109 Å². The Morgan fingerprint density at radius 3 is 2.82 bits per heavy atom. The second-order valence-electron chi connectivity index (χ2n) is 4.36. The van der Waals surface area contributed by atoms with E-state index < -0.39 is 5.60 Å². The van der Waals surface area contributed by atoms with Crippen molar-refractivity contribution in [3.05, 3.63) is 56.7 Å². The lowest BCUT2D eigenvalue weighted by Gasteiger charge is -2.23. The smallest absolute Gasteiger partial charge is 0.127 e. The van der Waals surface area contributed by atoms with Gasteiger partial charge >= 0.3 is 0 Å². The van der Waals surface area contributed by atoms with E-state index in [1.807, 2.05) is 35.7 Å². The molecule has 4 heteroatoms. The molecule has 17 heavy (non-hydrogen) atoms. The summed E-state index contributed by atoms with van der Waals surface area (Å²) in [5.41, 5.74) is 6.95. The van der Waals surface area contributed by atoms with Crippen molar-refractivity contribution in [1.29, 1.82) is 0 Å². The highest BCUT2D eigenvalue weighted by atomic mass is 35.5. The molecule has 3 rings (SSSR count). The molecular weight excluding hydrogens is 254 g/mol. The Bertz CT molecular complexity index is 568. The van der Waals surface area contributed by atoms with Gasteiger partial charge in [0.05, 0.1) is 9.90 Å². The molecule has 2 aromatic rings. The third-order valence-corrected chi connectivity index (χ3v) is 4.81. The van der Waals surface area contributed by atoms with Crippen molar-refractivity contribution in [2.75, 3.05) is 0 Å². The fourth-order valence-corrected chi connectivity index (χ4v) is 3.88. The van der Waals surface area contributed by atoms with Gasteiger partial charge in [0.15, 0.2) is 0 Å². The molecule has 0 aliphatic heterocycles. The van der Waals surface area contributed by atoms with Gasteiger partial charge in [-0.05, 0) is 22.6 Å². The number of nitrogens with two attached hydrogens (primary N) is 1. The lowest BCUT2D eigenvalue weighted by Crippen LogP contribution is -2.24. The summed E-state index contributed by atoms with van der Waals surface area (Å²) in [5, 5.41) is 13.4. The Balaban J connectivity index is 2.21. The van der Waals surface area contributed by atoms with Crippen LogP contribution in [0, 0.1) is 0 Å². The summed E-state index contributed by atoms with van der Waals surface area (Å²) in [6.07, 6.45) is 0.493. The molecule has 0 spiro atoms. The van der Waals surface area contributed by atoms with E-state index in [2.05, 4.69) is 0 Å². The Kier molecular flexibility index (Phi) is 2.52. The monoisotopic (exact) mass is 265 g/mol. The molecule has 2 unspecified atom stereocenters. The summed E-state index contributed by atoms with van der Waals surface area (Å²) in [6, 6.07) is 9.45. The largest absolute Gasteiger partial charge is 0.379 e. The minimum absolute atomic E-state index is 0.130. The second kappa shape index (κ2) is 3.82. The van der Waals surface area contributed by atoms with Crippen LogP contribution in [-0.2, 0) is 5.60 Å². The average molecular weight is 266 g/mol. The van der Waals surface area contributed by atoms with Gasteiger partial charge < -0.3 is 10.8 Å². The van der Waals surface area contributed by atoms with Crippen LogP contribution in [0.5, 0.6) is 0 Å². The van der Waals surface area contributed by atoms with E-state index in [4.69, 9.17) is 17.3 Å². The molecule has 88 valence electrons. The number of thiophene rings is 1. The number of benzene rings is 1. The predicted octanol–water partition coefficient (Wildman–Crippen LogP) is 3.04. The highest BCUT2D eigenvalue weighted by Gasteiger charge is 2.44. The summed E-state index contributed by atoms with van der Waals surface area (Å²) in [6.45, 7) is 0. The molecule has 2 nitrogen and oxygen atoms in total. The third-order valence-electron chi connectivity index (χ3n) is 3.31. The van der Waals surface area contributed by atoms with Crippen LogP contribution in [-0.4, -0.2) is 5.11 Å². The molecular formula is C13H12ClNOS. The highest BCUT2D eigenvalue weighted by Crippen LogP contribution is 2.49. The van der Waals surface area contributed by atoms with Gasteiger partial charge in [0, 0.05) is 12.5 Å². The van der Waals surface area contributed by atoms with Crippen molar-refractivity contribution in [3.8, 4) is 0 Å². The van der Waals surface area contributed by atoms with Crippen LogP contribution >= 0.6 is 22.9 Å². The molecule has 0 bridgehead atoms. The first-order valence-corrected chi connectivity index (χ1v) is 6.69. The fourth-order valence-electron chi connectivity index (χ4n) is 2.54. The first kappa shape index (κ1) is 11.2. The first-order chi connectivity index (χ1) is 8.13. The molecule has 1 aromatic heterocycles. The SMILES string of the molecule is NC1CC(O)(c2sccc2Cl)c2ccccc21. The Morgan fingerprint density at radius 2 is 2.12 bits per heavy atom. The zero-order valence-electron chi connectivity index (χ0n) is 9.06. The quantitative estimate of drug-likeness (QED) is 0.833. The van der Waals surface area contributed by atoms with E-state index in [1.54, 1.807) is 0 Å². The van der Waals surface area contributed by atoms with Crippen LogP contribution in [0.15, 0.2) is 35.7 Å². The molecule has 1 aliphatic rings. The van der Waals surface area contributed by atoms with E-state index in [0.717, 1.165) is 16.0 Å². The maximum Gasteiger partial charge on any atom is 0.127 e. The van der Waals surface area contributed by atoms with Crippen molar-refractivity contribution >= 4 is 22.9 Å². The summed E-state index contributed by atoms with van der Waals surface area (Å²) < 4.78 is 0. The standard InChI is InChI=1S/C13H12ClNOS/c14-10-5-6-17-12(10)13(16)7-11(15)8-3-1-2-4-9(8)13/h1-6,11,16H,7,15H2. The number of hydrogen-bond donors (Lipinski definition) is 2. The lowest BCUT2D eigenvalue weighted by atomic mass is 9.94. The van der Waals surface area contributed by atoms with Crippen molar-refractivity contribution < 1.29 is 5.11 Å². The average Bonchev–Trinajstić information content (AvgIpc) is 2.85. The van der Waals surface area contributed by atoms with Crippen molar-refractivity contribution in [2.45, 2.75) is 18.1 Å². The number of hydrogen-bond acceptors (Lipinski definition) is 3. The van der Waals surface area contributed by atoms with Crippen LogP contribution in [0.1, 0.15) is 28.5 Å². The van der Waals surface area contributed by atoms with E-state index >= 15 is 0 Å². The van der Waals surface area contributed by atoms with E-state index in [0.29, 0.717) is 11.4 Å². The predicted molar refractivity (Wildman–Crippen MR) is 70.3 cm³/mol. The van der Waals surface area contributed by atoms with Crippen LogP contribution in [0.2, 0.25) is 5.02 Å². The number of aliphatic hydroxyl groups is 1. The molecule has 1 heterocycles. The first-order valence-electron chi connectivity index (χ1n) is 5.44. The van der Waals surface area contributed by atoms with Crippen molar-refractivity contribution in [1.82, 2.24) is 0 Å². The molecule has 0 amide bonds. The minimum Gasteiger partial charge on any atom is -0.379 e. The zero-order chi connectivity index (χ0) is 12.0. The summed E-state index contributed by atoms with van der Waals surface area (Å²) in [5.74, 6) is 0. The third kappa shape index (κ3) is 1.54. The van der Waals surface area contributed by atoms with Gasteiger partial charge in [0.2, 0.25) is 0 Å². The zero-order valence-corrected chi connectivity index (χ0v) is 10.6. The van der Waals surface area contributed by atoms with E-state index in [-0.39, 0.29) is 6.04 Å². The van der Waals surface area contributed by atoms with Gasteiger partial charge in [-0.25, -0.2) is 0 Å². The van der Waals surface area contributed by atoms with Gasteiger partial charge in [-0.3, -0.25) is 0 Å². The van der Waals surface area contributed by atoms with Crippen LogP contribution < -0.4 is 5.73 Å². The normalized spacial score (nSPS) is 27.1. The highest BCUT2D eigenvalue weighted by molar-refractivity contribution is 7.10. The molecule has 0 saturated heterocycles. The van der Waals surface area contributed by atoms with Gasteiger partial charge in [-0.2, -0.15) is 0 Å². The molecule has 0 radical (unpaired) electrons. The molecule has 3 N–H and O–H groups in total. The van der Waals surface area contributed by atoms with Gasteiger partial charge in [0.25, 0.3) is 0 Å². The fraction of sp³-hybridized carbons (Fsp3) is 0.231. The maximum absolute atomic E-state index is 10.9. The number of fused-ring (bicyclic) bond motifs is 1. The summed E-state index contributed by atoms with van der Waals surface area (Å²) in [7, 11) is 0. The number of rotatable bonds is 1. The van der Waals surface area contributed by atoms with Crippen molar-refractivity contribution in [2.24, 2.45) is 5.73 Å². The Hall–Kier alpha value is -0.870. The maximum atomic E-state index is 10.9. The van der Waals surface area contributed by atoms with Crippen LogP contribution in [0.4, 0.5) is 0 Å². The second-order valence-corrected chi connectivity index (χ2v) is 5.68. The van der Waals surface area contributed by atoms with E-state index in [9.17, 15) is 5.11 Å². The molecule has 2 atom stereocenters. The van der Waals surface area contributed by atoms with Gasteiger partial charge in [0.1, 0.15) is 5.60 Å².